The van der Waals surface area contributed by atoms with Gasteiger partial charge in [-0.15, -0.1) is 0 Å². The molecule has 0 aliphatic heterocycles. The van der Waals surface area contributed by atoms with Gasteiger partial charge in [0.15, 0.2) is 0 Å². The lowest BCUT2D eigenvalue weighted by Gasteiger charge is -2.25. The molecule has 0 bridgehead atoms. The Kier molecular flexibility index (Phi) is 6.89. The van der Waals surface area contributed by atoms with Gasteiger partial charge in [0.25, 0.3) is 0 Å². The standard InChI is InChI=1S/C21H25FN2O2/c1-4-24(20-7-5-6-16(2)14-20)21(26)12-13-23(17(3)25)15-18-8-10-19(22)11-9-18/h5-11,14H,4,12-13,15H2,1-3H3. The van der Waals surface area contributed by atoms with Crippen molar-refractivity contribution in [2.75, 3.05) is 18.0 Å². The van der Waals surface area contributed by atoms with Crippen molar-refractivity contribution in [1.82, 2.24) is 4.90 Å². The van der Waals surface area contributed by atoms with E-state index in [1.807, 2.05) is 38.1 Å². The second-order valence-corrected chi connectivity index (χ2v) is 6.29. The van der Waals surface area contributed by atoms with E-state index in [0.717, 1.165) is 16.8 Å². The van der Waals surface area contributed by atoms with Gasteiger partial charge < -0.3 is 9.80 Å². The summed E-state index contributed by atoms with van der Waals surface area (Å²) in [5.41, 5.74) is 2.79. The van der Waals surface area contributed by atoms with E-state index in [1.54, 1.807) is 21.9 Å². The van der Waals surface area contributed by atoms with Crippen LogP contribution in [-0.4, -0.2) is 29.8 Å². The second-order valence-electron chi connectivity index (χ2n) is 6.29. The quantitative estimate of drug-likeness (QED) is 0.754. The van der Waals surface area contributed by atoms with Crippen molar-refractivity contribution in [3.63, 3.8) is 0 Å². The van der Waals surface area contributed by atoms with Crippen molar-refractivity contribution in [2.45, 2.75) is 33.7 Å². The number of hydrogen-bond acceptors (Lipinski definition) is 2. The molecule has 2 aromatic rings. The first-order valence-electron chi connectivity index (χ1n) is 8.77. The summed E-state index contributed by atoms with van der Waals surface area (Å²) in [5.74, 6) is -0.445. The maximum Gasteiger partial charge on any atom is 0.228 e. The molecule has 26 heavy (non-hydrogen) atoms. The van der Waals surface area contributed by atoms with Crippen LogP contribution in [0.15, 0.2) is 48.5 Å². The van der Waals surface area contributed by atoms with E-state index in [1.165, 1.54) is 19.1 Å². The Morgan fingerprint density at radius 1 is 1.08 bits per heavy atom. The molecular weight excluding hydrogens is 331 g/mol. The third-order valence-electron chi connectivity index (χ3n) is 4.26. The van der Waals surface area contributed by atoms with Gasteiger partial charge in [0.1, 0.15) is 5.82 Å². The highest BCUT2D eigenvalue weighted by Crippen LogP contribution is 2.17. The minimum atomic E-state index is -0.310. The summed E-state index contributed by atoms with van der Waals surface area (Å²) in [6, 6.07) is 13.8. The van der Waals surface area contributed by atoms with Crippen LogP contribution in [0.1, 0.15) is 31.4 Å². The van der Waals surface area contributed by atoms with Crippen LogP contribution in [-0.2, 0) is 16.1 Å². The third kappa shape index (κ3) is 5.41. The summed E-state index contributed by atoms with van der Waals surface area (Å²) in [6.07, 6.45) is 0.239. The number of carbonyl (C=O) groups is 2. The third-order valence-corrected chi connectivity index (χ3v) is 4.26. The van der Waals surface area contributed by atoms with Crippen molar-refractivity contribution < 1.29 is 14.0 Å². The fourth-order valence-electron chi connectivity index (χ4n) is 2.82. The molecule has 0 fully saturated rings. The number of anilines is 1. The first-order chi connectivity index (χ1) is 12.4. The van der Waals surface area contributed by atoms with E-state index in [9.17, 15) is 14.0 Å². The zero-order chi connectivity index (χ0) is 19.1. The Morgan fingerprint density at radius 2 is 1.77 bits per heavy atom. The summed E-state index contributed by atoms with van der Waals surface area (Å²) in [5, 5.41) is 0. The van der Waals surface area contributed by atoms with E-state index in [0.29, 0.717) is 19.6 Å². The Hall–Kier alpha value is -2.69. The molecule has 4 nitrogen and oxygen atoms in total. The average molecular weight is 356 g/mol. The normalized spacial score (nSPS) is 10.5. The number of halogens is 1. The van der Waals surface area contributed by atoms with E-state index >= 15 is 0 Å². The van der Waals surface area contributed by atoms with Gasteiger partial charge in [-0.2, -0.15) is 0 Å². The highest BCUT2D eigenvalue weighted by molar-refractivity contribution is 5.93. The highest BCUT2D eigenvalue weighted by Gasteiger charge is 2.17. The summed E-state index contributed by atoms with van der Waals surface area (Å²) in [7, 11) is 0. The molecule has 0 aromatic heterocycles. The number of carbonyl (C=O) groups excluding carboxylic acids is 2. The number of rotatable bonds is 7. The van der Waals surface area contributed by atoms with Gasteiger partial charge in [-0.25, -0.2) is 4.39 Å². The summed E-state index contributed by atoms with van der Waals surface area (Å²) < 4.78 is 13.0. The van der Waals surface area contributed by atoms with Crippen LogP contribution in [0.5, 0.6) is 0 Å². The lowest BCUT2D eigenvalue weighted by Crippen LogP contribution is -2.36. The monoisotopic (exact) mass is 356 g/mol. The zero-order valence-electron chi connectivity index (χ0n) is 15.5. The second kappa shape index (κ2) is 9.13. The molecule has 2 rings (SSSR count). The Labute approximate surface area is 154 Å². The molecule has 5 heteroatoms. The first kappa shape index (κ1) is 19.6. The maximum absolute atomic E-state index is 13.0. The number of nitrogens with zero attached hydrogens (tertiary/aromatic N) is 2. The minimum absolute atomic E-state index is 0.0246. The summed E-state index contributed by atoms with van der Waals surface area (Å²) >= 11 is 0. The molecule has 0 saturated carbocycles. The van der Waals surface area contributed by atoms with Gasteiger partial charge in [0.2, 0.25) is 11.8 Å². The Bertz CT molecular complexity index is 759. The molecule has 0 aliphatic rings. The molecule has 0 spiro atoms. The van der Waals surface area contributed by atoms with Gasteiger partial charge >= 0.3 is 0 Å². The number of benzene rings is 2. The first-order valence-corrected chi connectivity index (χ1v) is 8.77. The lowest BCUT2D eigenvalue weighted by atomic mass is 10.2. The van der Waals surface area contributed by atoms with Crippen LogP contribution >= 0.6 is 0 Å². The van der Waals surface area contributed by atoms with Crippen molar-refractivity contribution in [2.24, 2.45) is 0 Å². The van der Waals surface area contributed by atoms with E-state index in [2.05, 4.69) is 0 Å². The van der Waals surface area contributed by atoms with Gasteiger partial charge in [0.05, 0.1) is 0 Å². The van der Waals surface area contributed by atoms with Gasteiger partial charge in [-0.1, -0.05) is 24.3 Å². The average Bonchev–Trinajstić information content (AvgIpc) is 2.60. The molecule has 0 N–H and O–H groups in total. The van der Waals surface area contributed by atoms with Crippen molar-refractivity contribution >= 4 is 17.5 Å². The van der Waals surface area contributed by atoms with Crippen LogP contribution in [0.3, 0.4) is 0 Å². The van der Waals surface area contributed by atoms with E-state index < -0.39 is 0 Å². The zero-order valence-corrected chi connectivity index (χ0v) is 15.5. The number of aryl methyl sites for hydroxylation is 1. The molecule has 0 saturated heterocycles. The Morgan fingerprint density at radius 3 is 2.35 bits per heavy atom. The maximum atomic E-state index is 13.0. The van der Waals surface area contributed by atoms with Crippen LogP contribution in [0.2, 0.25) is 0 Å². The van der Waals surface area contributed by atoms with Crippen molar-refractivity contribution in [3.8, 4) is 0 Å². The largest absolute Gasteiger partial charge is 0.338 e. The minimum Gasteiger partial charge on any atom is -0.338 e. The fourth-order valence-corrected chi connectivity index (χ4v) is 2.82. The summed E-state index contributed by atoms with van der Waals surface area (Å²) in [6.45, 7) is 6.66. The predicted octanol–water partition coefficient (Wildman–Crippen LogP) is 3.93. The predicted molar refractivity (Wildman–Crippen MR) is 101 cm³/mol. The van der Waals surface area contributed by atoms with Crippen LogP contribution in [0, 0.1) is 12.7 Å². The van der Waals surface area contributed by atoms with Crippen LogP contribution < -0.4 is 4.90 Å². The number of hydrogen-bond donors (Lipinski definition) is 0. The topological polar surface area (TPSA) is 40.6 Å². The fraction of sp³-hybridized carbons (Fsp3) is 0.333. The molecule has 2 amide bonds. The van der Waals surface area contributed by atoms with Crippen molar-refractivity contribution in [1.29, 1.82) is 0 Å². The van der Waals surface area contributed by atoms with E-state index in [4.69, 9.17) is 0 Å². The molecule has 138 valence electrons. The van der Waals surface area contributed by atoms with Gasteiger partial charge in [-0.3, -0.25) is 9.59 Å². The van der Waals surface area contributed by atoms with Crippen LogP contribution in [0.25, 0.3) is 0 Å². The van der Waals surface area contributed by atoms with Crippen molar-refractivity contribution in [3.05, 3.63) is 65.5 Å². The molecule has 0 heterocycles. The lowest BCUT2D eigenvalue weighted by molar-refractivity contribution is -0.130. The van der Waals surface area contributed by atoms with E-state index in [-0.39, 0.29) is 24.1 Å². The van der Waals surface area contributed by atoms with Crippen LogP contribution in [0.4, 0.5) is 10.1 Å². The highest BCUT2D eigenvalue weighted by atomic mass is 19.1. The molecule has 0 aliphatic carbocycles. The molecule has 2 aromatic carbocycles. The molecular formula is C21H25FN2O2. The molecule has 0 atom stereocenters. The Balaban J connectivity index is 2.01. The van der Waals surface area contributed by atoms with Gasteiger partial charge in [0, 0.05) is 38.7 Å². The molecule has 0 unspecified atom stereocenters. The SMILES string of the molecule is CCN(C(=O)CCN(Cc1ccc(F)cc1)C(C)=O)c1cccc(C)c1. The van der Waals surface area contributed by atoms with Gasteiger partial charge in [-0.05, 0) is 49.2 Å². The molecule has 0 radical (unpaired) electrons. The summed E-state index contributed by atoms with van der Waals surface area (Å²) in [4.78, 5) is 27.9. The number of amides is 2. The smallest absolute Gasteiger partial charge is 0.228 e.